The van der Waals surface area contributed by atoms with Crippen molar-refractivity contribution in [2.45, 2.75) is 52.6 Å². The van der Waals surface area contributed by atoms with E-state index in [1.165, 1.54) is 0 Å². The zero-order valence-electron chi connectivity index (χ0n) is 13.7. The molecule has 0 fully saturated rings. The fraction of sp³-hybridized carbons (Fsp3) is 0.556. The second-order valence-corrected chi connectivity index (χ2v) is 5.64. The van der Waals surface area contributed by atoms with Gasteiger partial charge in [0.15, 0.2) is 0 Å². The van der Waals surface area contributed by atoms with Crippen LogP contribution in [0.1, 0.15) is 45.6 Å². The van der Waals surface area contributed by atoms with Crippen LogP contribution in [0.2, 0.25) is 0 Å². The average molecular weight is 306 g/mol. The second kappa shape index (κ2) is 9.98. The number of esters is 2. The second-order valence-electron chi connectivity index (χ2n) is 5.64. The molecule has 4 nitrogen and oxygen atoms in total. The minimum Gasteiger partial charge on any atom is -0.465 e. The molecule has 1 aromatic rings. The summed E-state index contributed by atoms with van der Waals surface area (Å²) in [6.45, 7) is 6.34. The van der Waals surface area contributed by atoms with Crippen LogP contribution in [0.25, 0.3) is 0 Å². The number of carbonyl (C=O) groups excluding carboxylic acids is 2. The van der Waals surface area contributed by atoms with Gasteiger partial charge in [-0.2, -0.15) is 0 Å². The zero-order chi connectivity index (χ0) is 16.4. The van der Waals surface area contributed by atoms with Crippen LogP contribution in [0.15, 0.2) is 30.3 Å². The van der Waals surface area contributed by atoms with Gasteiger partial charge in [-0.05, 0) is 17.9 Å². The summed E-state index contributed by atoms with van der Waals surface area (Å²) in [6.07, 6.45) is 1.53. The summed E-state index contributed by atoms with van der Waals surface area (Å²) in [6, 6.07) is 9.82. The van der Waals surface area contributed by atoms with Crippen LogP contribution < -0.4 is 0 Å². The average Bonchev–Trinajstić information content (AvgIpc) is 2.51. The van der Waals surface area contributed by atoms with Gasteiger partial charge < -0.3 is 9.47 Å². The van der Waals surface area contributed by atoms with E-state index in [4.69, 9.17) is 9.47 Å². The normalized spacial score (nSPS) is 12.0. The Kier molecular flexibility index (Phi) is 8.26. The number of rotatable bonds is 9. The third kappa shape index (κ3) is 7.25. The molecule has 0 aliphatic heterocycles. The van der Waals surface area contributed by atoms with Crippen LogP contribution in [0.5, 0.6) is 0 Å². The van der Waals surface area contributed by atoms with Gasteiger partial charge in [-0.1, -0.05) is 51.1 Å². The minimum absolute atomic E-state index is 0.0716. The van der Waals surface area contributed by atoms with Crippen molar-refractivity contribution in [3.8, 4) is 0 Å². The molecule has 0 bridgehead atoms. The summed E-state index contributed by atoms with van der Waals surface area (Å²) in [5.74, 6) is -0.405. The molecule has 1 unspecified atom stereocenters. The van der Waals surface area contributed by atoms with E-state index in [2.05, 4.69) is 0 Å². The molecule has 122 valence electrons. The van der Waals surface area contributed by atoms with E-state index in [9.17, 15) is 9.59 Å². The Bertz CT molecular complexity index is 453. The van der Waals surface area contributed by atoms with E-state index in [0.29, 0.717) is 13.0 Å². The summed E-state index contributed by atoms with van der Waals surface area (Å²) >= 11 is 0. The lowest BCUT2D eigenvalue weighted by atomic mass is 10.1. The van der Waals surface area contributed by atoms with Crippen molar-refractivity contribution >= 4 is 11.9 Å². The molecule has 1 atom stereocenters. The highest BCUT2D eigenvalue weighted by molar-refractivity contribution is 5.77. The molecule has 0 amide bonds. The van der Waals surface area contributed by atoms with Crippen LogP contribution in [0.4, 0.5) is 0 Å². The van der Waals surface area contributed by atoms with Crippen molar-refractivity contribution < 1.29 is 19.1 Å². The van der Waals surface area contributed by atoms with Crippen molar-refractivity contribution in [2.24, 2.45) is 5.92 Å². The van der Waals surface area contributed by atoms with E-state index < -0.39 is 0 Å². The van der Waals surface area contributed by atoms with Gasteiger partial charge >= 0.3 is 11.9 Å². The van der Waals surface area contributed by atoms with Crippen molar-refractivity contribution in [2.75, 3.05) is 6.61 Å². The van der Waals surface area contributed by atoms with Crippen molar-refractivity contribution in [3.63, 3.8) is 0 Å². The lowest BCUT2D eigenvalue weighted by Crippen LogP contribution is -2.23. The lowest BCUT2D eigenvalue weighted by Gasteiger charge is -2.19. The lowest BCUT2D eigenvalue weighted by molar-refractivity contribution is -0.155. The van der Waals surface area contributed by atoms with Gasteiger partial charge in [0.25, 0.3) is 0 Å². The molecule has 1 rings (SSSR count). The van der Waals surface area contributed by atoms with Crippen LogP contribution in [0.3, 0.4) is 0 Å². The van der Waals surface area contributed by atoms with Gasteiger partial charge in [-0.3, -0.25) is 9.59 Å². The monoisotopic (exact) mass is 306 g/mol. The van der Waals surface area contributed by atoms with Crippen LogP contribution >= 0.6 is 0 Å². The van der Waals surface area contributed by atoms with Crippen LogP contribution in [0, 0.1) is 5.92 Å². The fourth-order valence-electron chi connectivity index (χ4n) is 2.12. The smallest absolute Gasteiger partial charge is 0.306 e. The maximum absolute atomic E-state index is 11.7. The van der Waals surface area contributed by atoms with Gasteiger partial charge in [0.05, 0.1) is 19.4 Å². The molecule has 0 aromatic heterocycles. The Morgan fingerprint density at radius 1 is 1.05 bits per heavy atom. The van der Waals surface area contributed by atoms with Crippen molar-refractivity contribution in [3.05, 3.63) is 35.9 Å². The third-order valence-electron chi connectivity index (χ3n) is 3.46. The minimum atomic E-state index is -0.356. The van der Waals surface area contributed by atoms with Gasteiger partial charge in [0.1, 0.15) is 6.10 Å². The highest BCUT2D eigenvalue weighted by atomic mass is 16.5. The summed E-state index contributed by atoms with van der Waals surface area (Å²) in [5.41, 5.74) is 1.12. The maximum Gasteiger partial charge on any atom is 0.306 e. The molecule has 0 N–H and O–H groups in total. The Labute approximate surface area is 132 Å². The molecular weight excluding hydrogens is 280 g/mol. The van der Waals surface area contributed by atoms with Crippen LogP contribution in [-0.4, -0.2) is 24.6 Å². The number of ether oxygens (including phenoxy) is 2. The van der Waals surface area contributed by atoms with E-state index in [0.717, 1.165) is 12.0 Å². The number of hydrogen-bond donors (Lipinski definition) is 0. The van der Waals surface area contributed by atoms with E-state index >= 15 is 0 Å². The van der Waals surface area contributed by atoms with E-state index in [1.54, 1.807) is 0 Å². The van der Waals surface area contributed by atoms with E-state index in [1.807, 2.05) is 51.1 Å². The molecular formula is C18H26O4. The summed E-state index contributed by atoms with van der Waals surface area (Å²) in [4.78, 5) is 23.3. The Balaban J connectivity index is 2.18. The Hall–Kier alpha value is -1.84. The first-order valence-electron chi connectivity index (χ1n) is 7.92. The Morgan fingerprint density at radius 3 is 2.27 bits per heavy atom. The highest BCUT2D eigenvalue weighted by Gasteiger charge is 2.17. The summed E-state index contributed by atoms with van der Waals surface area (Å²) in [7, 11) is 0. The fourth-order valence-corrected chi connectivity index (χ4v) is 2.12. The number of hydrogen-bond acceptors (Lipinski definition) is 4. The molecule has 0 saturated carbocycles. The first-order valence-corrected chi connectivity index (χ1v) is 7.92. The first kappa shape index (κ1) is 18.2. The quantitative estimate of drug-likeness (QED) is 0.655. The van der Waals surface area contributed by atoms with Crippen molar-refractivity contribution in [1.29, 1.82) is 0 Å². The predicted molar refractivity (Wildman–Crippen MR) is 85.3 cm³/mol. The van der Waals surface area contributed by atoms with Gasteiger partial charge in [0, 0.05) is 6.42 Å². The third-order valence-corrected chi connectivity index (χ3v) is 3.46. The standard InChI is InChI=1S/C18H26O4/c1-4-16(14(2)3)22-18(20)11-10-17(19)21-13-12-15-8-6-5-7-9-15/h5-9,14,16H,4,10-13H2,1-3H3. The van der Waals surface area contributed by atoms with Crippen LogP contribution in [-0.2, 0) is 25.5 Å². The van der Waals surface area contributed by atoms with Gasteiger partial charge in [0.2, 0.25) is 0 Å². The van der Waals surface area contributed by atoms with Gasteiger partial charge in [-0.25, -0.2) is 0 Å². The summed E-state index contributed by atoms with van der Waals surface area (Å²) in [5, 5.41) is 0. The molecule has 0 aliphatic carbocycles. The topological polar surface area (TPSA) is 52.6 Å². The highest BCUT2D eigenvalue weighted by Crippen LogP contribution is 2.12. The predicted octanol–water partition coefficient (Wildman–Crippen LogP) is 3.53. The largest absolute Gasteiger partial charge is 0.465 e. The molecule has 4 heteroatoms. The zero-order valence-corrected chi connectivity index (χ0v) is 13.7. The molecule has 0 radical (unpaired) electrons. The Morgan fingerprint density at radius 2 is 1.68 bits per heavy atom. The molecule has 22 heavy (non-hydrogen) atoms. The molecule has 0 heterocycles. The molecule has 0 aliphatic rings. The molecule has 1 aromatic carbocycles. The molecule has 0 spiro atoms. The van der Waals surface area contributed by atoms with E-state index in [-0.39, 0.29) is 36.8 Å². The SMILES string of the molecule is CCC(OC(=O)CCC(=O)OCCc1ccccc1)C(C)C. The number of benzene rings is 1. The summed E-state index contributed by atoms with van der Waals surface area (Å²) < 4.78 is 10.5. The van der Waals surface area contributed by atoms with Crippen molar-refractivity contribution in [1.82, 2.24) is 0 Å². The first-order chi connectivity index (χ1) is 10.5. The maximum atomic E-state index is 11.7. The number of carbonyl (C=O) groups is 2. The molecule has 0 saturated heterocycles. The van der Waals surface area contributed by atoms with Gasteiger partial charge in [-0.15, -0.1) is 0 Å².